The Balaban J connectivity index is 1.89. The Kier molecular flexibility index (Phi) is 4.18. The lowest BCUT2D eigenvalue weighted by Crippen LogP contribution is -2.36. The first-order valence-corrected chi connectivity index (χ1v) is 5.78. The van der Waals surface area contributed by atoms with E-state index in [9.17, 15) is 14.7 Å². The maximum absolute atomic E-state index is 11.5. The molecule has 0 unspecified atom stereocenters. The molecule has 3 N–H and O–H groups in total. The molecule has 0 aliphatic rings. The summed E-state index contributed by atoms with van der Waals surface area (Å²) in [4.78, 5) is 23.0. The molecule has 0 spiro atoms. The van der Waals surface area contributed by atoms with E-state index in [4.69, 9.17) is 4.74 Å². The third kappa shape index (κ3) is 3.74. The average Bonchev–Trinajstić information content (AvgIpc) is 2.42. The highest BCUT2D eigenvalue weighted by Crippen LogP contribution is 2.24. The summed E-state index contributed by atoms with van der Waals surface area (Å²) in [5, 5.41) is 13.9. The van der Waals surface area contributed by atoms with Crippen molar-refractivity contribution in [2.75, 3.05) is 5.32 Å². The number of phenolic OH excluding ortho intramolecular Hbond substituents is 1. The molecule has 2 aromatic carbocycles. The van der Waals surface area contributed by atoms with Gasteiger partial charge < -0.3 is 15.2 Å². The molecule has 20 heavy (non-hydrogen) atoms. The number of imide groups is 1. The fourth-order valence-electron chi connectivity index (χ4n) is 1.45. The molecule has 0 atom stereocenters. The van der Waals surface area contributed by atoms with Gasteiger partial charge in [0.05, 0.1) is 0 Å². The van der Waals surface area contributed by atoms with Gasteiger partial charge in [0, 0.05) is 5.69 Å². The van der Waals surface area contributed by atoms with Crippen LogP contribution in [0.15, 0.2) is 54.6 Å². The Morgan fingerprint density at radius 1 is 0.950 bits per heavy atom. The van der Waals surface area contributed by atoms with Gasteiger partial charge in [0.25, 0.3) is 0 Å². The first-order chi connectivity index (χ1) is 9.65. The molecular weight excluding hydrogens is 260 g/mol. The molecule has 3 amide bonds. The Morgan fingerprint density at radius 2 is 1.60 bits per heavy atom. The lowest BCUT2D eigenvalue weighted by Gasteiger charge is -2.08. The van der Waals surface area contributed by atoms with Gasteiger partial charge in [0.1, 0.15) is 0 Å². The molecule has 0 saturated heterocycles. The fraction of sp³-hybridized carbons (Fsp3) is 0. The van der Waals surface area contributed by atoms with Crippen LogP contribution in [0.3, 0.4) is 0 Å². The number of carbonyl (C=O) groups is 2. The Bertz CT molecular complexity index is 614. The van der Waals surface area contributed by atoms with Crippen molar-refractivity contribution in [2.24, 2.45) is 0 Å². The summed E-state index contributed by atoms with van der Waals surface area (Å²) in [5.41, 5.74) is 0.542. The largest absolute Gasteiger partial charge is 0.504 e. The van der Waals surface area contributed by atoms with Crippen LogP contribution < -0.4 is 15.4 Å². The van der Waals surface area contributed by atoms with Crippen LogP contribution in [0.25, 0.3) is 0 Å². The second kappa shape index (κ2) is 6.24. The molecule has 0 saturated carbocycles. The molecule has 0 fully saturated rings. The zero-order valence-corrected chi connectivity index (χ0v) is 10.4. The summed E-state index contributed by atoms with van der Waals surface area (Å²) in [6.45, 7) is 0. The third-order valence-electron chi connectivity index (χ3n) is 2.32. The number of benzene rings is 2. The van der Waals surface area contributed by atoms with E-state index in [1.807, 2.05) is 5.32 Å². The monoisotopic (exact) mass is 272 g/mol. The van der Waals surface area contributed by atoms with Crippen molar-refractivity contribution in [1.82, 2.24) is 5.32 Å². The van der Waals surface area contributed by atoms with Crippen LogP contribution in [0.4, 0.5) is 15.3 Å². The van der Waals surface area contributed by atoms with Gasteiger partial charge in [-0.3, -0.25) is 0 Å². The van der Waals surface area contributed by atoms with E-state index in [1.54, 1.807) is 42.5 Å². The van der Waals surface area contributed by atoms with Crippen molar-refractivity contribution >= 4 is 17.8 Å². The zero-order valence-electron chi connectivity index (χ0n) is 10.4. The maximum Gasteiger partial charge on any atom is 0.420 e. The summed E-state index contributed by atoms with van der Waals surface area (Å²) in [6.07, 6.45) is -0.986. The Hall–Kier alpha value is -3.02. The van der Waals surface area contributed by atoms with E-state index in [-0.39, 0.29) is 11.5 Å². The summed E-state index contributed by atoms with van der Waals surface area (Å²) >= 11 is 0. The molecule has 0 aromatic heterocycles. The number of ether oxygens (including phenoxy) is 1. The number of anilines is 1. The van der Waals surface area contributed by atoms with E-state index < -0.39 is 12.1 Å². The highest BCUT2D eigenvalue weighted by Gasteiger charge is 2.11. The average molecular weight is 272 g/mol. The number of urea groups is 1. The molecular formula is C14H12N2O4. The molecule has 0 heterocycles. The van der Waals surface area contributed by atoms with Gasteiger partial charge >= 0.3 is 12.1 Å². The molecule has 6 nitrogen and oxygen atoms in total. The second-order valence-corrected chi connectivity index (χ2v) is 3.80. The summed E-state index contributed by atoms with van der Waals surface area (Å²) < 4.78 is 4.79. The first-order valence-electron chi connectivity index (χ1n) is 5.78. The van der Waals surface area contributed by atoms with Crippen molar-refractivity contribution in [3.8, 4) is 11.5 Å². The molecule has 0 aliphatic carbocycles. The minimum atomic E-state index is -0.986. The number of hydrogen-bond donors (Lipinski definition) is 3. The van der Waals surface area contributed by atoms with Gasteiger partial charge in [-0.2, -0.15) is 0 Å². The van der Waals surface area contributed by atoms with Crippen molar-refractivity contribution in [2.45, 2.75) is 0 Å². The van der Waals surface area contributed by atoms with Gasteiger partial charge in [0.15, 0.2) is 11.5 Å². The van der Waals surface area contributed by atoms with E-state index in [0.717, 1.165) is 0 Å². The minimum absolute atomic E-state index is 0.0301. The van der Waals surface area contributed by atoms with Gasteiger partial charge in [0.2, 0.25) is 0 Å². The van der Waals surface area contributed by atoms with Crippen LogP contribution in [-0.2, 0) is 0 Å². The predicted molar refractivity (Wildman–Crippen MR) is 72.7 cm³/mol. The molecule has 6 heteroatoms. The standard InChI is InChI=1S/C14H12N2O4/c17-11-8-4-5-9-12(11)20-14(19)16-13(18)15-10-6-2-1-3-7-10/h1-9,17H,(H2,15,16,18,19). The first kappa shape index (κ1) is 13.4. The van der Waals surface area contributed by atoms with Crippen molar-refractivity contribution in [3.05, 3.63) is 54.6 Å². The van der Waals surface area contributed by atoms with Crippen LogP contribution in [0, 0.1) is 0 Å². The lowest BCUT2D eigenvalue weighted by molar-refractivity contribution is 0.197. The van der Waals surface area contributed by atoms with Crippen molar-refractivity contribution in [3.63, 3.8) is 0 Å². The number of aromatic hydroxyl groups is 1. The Labute approximate surface area is 115 Å². The SMILES string of the molecule is O=C(NC(=O)Oc1ccccc1O)Nc1ccccc1. The molecule has 2 rings (SSSR count). The molecule has 2 aromatic rings. The highest BCUT2D eigenvalue weighted by molar-refractivity contribution is 5.99. The molecule has 0 aliphatic heterocycles. The van der Waals surface area contributed by atoms with Crippen LogP contribution in [0.2, 0.25) is 0 Å². The van der Waals surface area contributed by atoms with Crippen LogP contribution in [0.5, 0.6) is 11.5 Å². The predicted octanol–water partition coefficient (Wildman–Crippen LogP) is 2.71. The van der Waals surface area contributed by atoms with Crippen molar-refractivity contribution in [1.29, 1.82) is 0 Å². The lowest BCUT2D eigenvalue weighted by atomic mass is 10.3. The van der Waals surface area contributed by atoms with Crippen molar-refractivity contribution < 1.29 is 19.4 Å². The smallest absolute Gasteiger partial charge is 0.420 e. The summed E-state index contributed by atoms with van der Waals surface area (Å²) in [6, 6.07) is 13.9. The maximum atomic E-state index is 11.5. The summed E-state index contributed by atoms with van der Waals surface area (Å²) in [7, 11) is 0. The molecule has 0 bridgehead atoms. The molecule has 102 valence electrons. The number of phenols is 1. The Morgan fingerprint density at radius 3 is 2.30 bits per heavy atom. The van der Waals surface area contributed by atoms with E-state index in [2.05, 4.69) is 5.32 Å². The van der Waals surface area contributed by atoms with Gasteiger partial charge in [-0.05, 0) is 24.3 Å². The third-order valence-corrected chi connectivity index (χ3v) is 2.32. The van der Waals surface area contributed by atoms with Crippen LogP contribution in [-0.4, -0.2) is 17.2 Å². The number of nitrogens with one attached hydrogen (secondary N) is 2. The summed E-state index contributed by atoms with van der Waals surface area (Å²) in [5.74, 6) is -0.219. The van der Waals surface area contributed by atoms with E-state index >= 15 is 0 Å². The highest BCUT2D eigenvalue weighted by atomic mass is 16.6. The topological polar surface area (TPSA) is 87.7 Å². The number of amides is 3. The van der Waals surface area contributed by atoms with Gasteiger partial charge in [-0.25, -0.2) is 14.9 Å². The second-order valence-electron chi connectivity index (χ2n) is 3.80. The number of para-hydroxylation sites is 3. The van der Waals surface area contributed by atoms with Gasteiger partial charge in [-0.1, -0.05) is 30.3 Å². The van der Waals surface area contributed by atoms with E-state index in [0.29, 0.717) is 5.69 Å². The molecule has 0 radical (unpaired) electrons. The van der Waals surface area contributed by atoms with Crippen LogP contribution >= 0.6 is 0 Å². The quantitative estimate of drug-likeness (QED) is 0.784. The van der Waals surface area contributed by atoms with Gasteiger partial charge in [-0.15, -0.1) is 0 Å². The minimum Gasteiger partial charge on any atom is -0.504 e. The normalized spacial score (nSPS) is 9.60. The van der Waals surface area contributed by atoms with Crippen LogP contribution in [0.1, 0.15) is 0 Å². The fourth-order valence-corrected chi connectivity index (χ4v) is 1.45. The number of rotatable bonds is 2. The van der Waals surface area contributed by atoms with E-state index in [1.165, 1.54) is 12.1 Å². The number of carbonyl (C=O) groups excluding carboxylic acids is 2. The zero-order chi connectivity index (χ0) is 14.4. The number of hydrogen-bond acceptors (Lipinski definition) is 4.